The molecule has 0 aliphatic carbocycles. The third-order valence-electron chi connectivity index (χ3n) is 2.62. The van der Waals surface area contributed by atoms with Crippen molar-refractivity contribution in [2.75, 3.05) is 38.3 Å². The zero-order chi connectivity index (χ0) is 13.5. The van der Waals surface area contributed by atoms with Crippen molar-refractivity contribution in [2.45, 2.75) is 6.92 Å². The zero-order valence-electron chi connectivity index (χ0n) is 10.6. The van der Waals surface area contributed by atoms with Gasteiger partial charge in [-0.1, -0.05) is 6.07 Å². The highest BCUT2D eigenvalue weighted by Crippen LogP contribution is 2.23. The number of hydrogen-bond acceptors (Lipinski definition) is 4. The van der Waals surface area contributed by atoms with Gasteiger partial charge in [0.2, 0.25) is 0 Å². The number of ketones is 1. The van der Waals surface area contributed by atoms with Crippen LogP contribution in [0.2, 0.25) is 0 Å². The minimum absolute atomic E-state index is 0.0575. The second kappa shape index (κ2) is 7.08. The molecule has 0 bridgehead atoms. The molecule has 18 heavy (non-hydrogen) atoms. The van der Waals surface area contributed by atoms with Gasteiger partial charge in [-0.25, -0.2) is 4.39 Å². The molecule has 1 rings (SSSR count). The quantitative estimate of drug-likeness (QED) is 0.750. The number of hydrogen-bond donors (Lipinski definition) is 1. The third-order valence-corrected chi connectivity index (χ3v) is 2.62. The maximum absolute atomic E-state index is 13.7. The lowest BCUT2D eigenvalue weighted by molar-refractivity contribution is 0.101. The number of nitrogens with zero attached hydrogens (tertiary/aromatic N) is 1. The largest absolute Gasteiger partial charge is 0.395 e. The van der Waals surface area contributed by atoms with Crippen molar-refractivity contribution in [3.63, 3.8) is 0 Å². The van der Waals surface area contributed by atoms with Crippen LogP contribution in [0.5, 0.6) is 0 Å². The van der Waals surface area contributed by atoms with Gasteiger partial charge >= 0.3 is 0 Å². The van der Waals surface area contributed by atoms with E-state index in [2.05, 4.69) is 0 Å². The fraction of sp³-hybridized carbons (Fsp3) is 0.462. The Morgan fingerprint density at radius 1 is 1.44 bits per heavy atom. The first-order chi connectivity index (χ1) is 8.61. The summed E-state index contributed by atoms with van der Waals surface area (Å²) in [5.74, 6) is -0.871. The summed E-state index contributed by atoms with van der Waals surface area (Å²) >= 11 is 0. The number of halogens is 1. The summed E-state index contributed by atoms with van der Waals surface area (Å²) in [6, 6.07) is 4.48. The van der Waals surface area contributed by atoms with Crippen LogP contribution in [0, 0.1) is 5.82 Å². The summed E-state index contributed by atoms with van der Waals surface area (Å²) < 4.78 is 18.7. The fourth-order valence-electron chi connectivity index (χ4n) is 1.80. The number of aliphatic hydroxyl groups excluding tert-OH is 1. The maximum atomic E-state index is 13.7. The molecule has 0 aromatic heterocycles. The second-order valence-electron chi connectivity index (χ2n) is 3.89. The minimum atomic E-state index is -0.541. The Labute approximate surface area is 106 Å². The Kier molecular flexibility index (Phi) is 5.74. The molecule has 0 spiro atoms. The smallest absolute Gasteiger partial charge is 0.164 e. The number of rotatable bonds is 7. The molecule has 0 unspecified atom stereocenters. The van der Waals surface area contributed by atoms with Crippen LogP contribution in [0.1, 0.15) is 17.3 Å². The first kappa shape index (κ1) is 14.6. The van der Waals surface area contributed by atoms with Gasteiger partial charge in [0.25, 0.3) is 0 Å². The molecule has 0 radical (unpaired) electrons. The molecule has 0 saturated carbocycles. The van der Waals surface area contributed by atoms with Crippen LogP contribution in [0.3, 0.4) is 0 Å². The molecule has 0 saturated heterocycles. The standard InChI is InChI=1S/C13H18FNO3/c1-10(17)13-11(14)4-3-5-12(13)15(6-8-16)7-9-18-2/h3-5,16H,6-9H2,1-2H3. The number of benzene rings is 1. The molecule has 1 N–H and O–H groups in total. The molecule has 0 atom stereocenters. The van der Waals surface area contributed by atoms with Crippen LogP contribution in [0.15, 0.2) is 18.2 Å². The number of ether oxygens (including phenoxy) is 1. The van der Waals surface area contributed by atoms with Gasteiger partial charge in [-0.15, -0.1) is 0 Å². The molecular weight excluding hydrogens is 237 g/mol. The Balaban J connectivity index is 3.10. The van der Waals surface area contributed by atoms with Gasteiger partial charge in [0.15, 0.2) is 5.78 Å². The van der Waals surface area contributed by atoms with E-state index in [9.17, 15) is 9.18 Å². The van der Waals surface area contributed by atoms with E-state index in [0.717, 1.165) is 0 Å². The normalized spacial score (nSPS) is 10.4. The van der Waals surface area contributed by atoms with E-state index >= 15 is 0 Å². The van der Waals surface area contributed by atoms with Crippen LogP contribution in [0.4, 0.5) is 10.1 Å². The number of anilines is 1. The highest BCUT2D eigenvalue weighted by atomic mass is 19.1. The van der Waals surface area contributed by atoms with Crippen molar-refractivity contribution in [3.8, 4) is 0 Å². The number of Topliss-reactive ketones (excluding diaryl/α,β-unsaturated/α-hetero) is 1. The summed E-state index contributed by atoms with van der Waals surface area (Å²) in [5.41, 5.74) is 0.552. The molecule has 0 amide bonds. The van der Waals surface area contributed by atoms with E-state index in [4.69, 9.17) is 9.84 Å². The first-order valence-corrected chi connectivity index (χ1v) is 5.76. The molecule has 0 aliphatic rings. The topological polar surface area (TPSA) is 49.8 Å². The molecule has 1 aromatic carbocycles. The molecule has 0 aliphatic heterocycles. The van der Waals surface area contributed by atoms with Crippen LogP contribution < -0.4 is 4.90 Å². The van der Waals surface area contributed by atoms with E-state index in [1.165, 1.54) is 13.0 Å². The van der Waals surface area contributed by atoms with Gasteiger partial charge in [-0.2, -0.15) is 0 Å². The van der Waals surface area contributed by atoms with Gasteiger partial charge in [-0.05, 0) is 19.1 Å². The van der Waals surface area contributed by atoms with Gasteiger partial charge < -0.3 is 14.7 Å². The number of carbonyl (C=O) groups excluding carboxylic acids is 1. The lowest BCUT2D eigenvalue weighted by Gasteiger charge is -2.25. The molecule has 5 heteroatoms. The van der Waals surface area contributed by atoms with E-state index in [1.54, 1.807) is 24.1 Å². The van der Waals surface area contributed by atoms with Crippen molar-refractivity contribution in [3.05, 3.63) is 29.6 Å². The van der Waals surface area contributed by atoms with Gasteiger partial charge in [-0.3, -0.25) is 4.79 Å². The van der Waals surface area contributed by atoms with E-state index in [-0.39, 0.29) is 18.0 Å². The lowest BCUT2D eigenvalue weighted by atomic mass is 10.1. The predicted molar refractivity (Wildman–Crippen MR) is 67.6 cm³/mol. The Bertz CT molecular complexity index is 409. The van der Waals surface area contributed by atoms with Gasteiger partial charge in [0.1, 0.15) is 5.82 Å². The van der Waals surface area contributed by atoms with Crippen molar-refractivity contribution < 1.29 is 19.0 Å². The maximum Gasteiger partial charge on any atom is 0.164 e. The molecule has 100 valence electrons. The Hall–Kier alpha value is -1.46. The average Bonchev–Trinajstić information content (AvgIpc) is 2.33. The summed E-state index contributed by atoms with van der Waals surface area (Å²) in [5, 5.41) is 9.03. The first-order valence-electron chi connectivity index (χ1n) is 5.76. The van der Waals surface area contributed by atoms with Crippen LogP contribution >= 0.6 is 0 Å². The molecule has 0 heterocycles. The van der Waals surface area contributed by atoms with Crippen molar-refractivity contribution in [2.24, 2.45) is 0 Å². The van der Waals surface area contributed by atoms with Crippen molar-refractivity contribution >= 4 is 11.5 Å². The van der Waals surface area contributed by atoms with Crippen LogP contribution in [-0.2, 0) is 4.74 Å². The molecular formula is C13H18FNO3. The number of aliphatic hydroxyl groups is 1. The SMILES string of the molecule is COCCN(CCO)c1cccc(F)c1C(C)=O. The Morgan fingerprint density at radius 2 is 2.17 bits per heavy atom. The Morgan fingerprint density at radius 3 is 2.72 bits per heavy atom. The summed E-state index contributed by atoms with van der Waals surface area (Å²) in [4.78, 5) is 13.2. The fourth-order valence-corrected chi connectivity index (χ4v) is 1.80. The van der Waals surface area contributed by atoms with Gasteiger partial charge in [0.05, 0.1) is 24.5 Å². The van der Waals surface area contributed by atoms with Gasteiger partial charge in [0, 0.05) is 20.2 Å². The summed E-state index contributed by atoms with van der Waals surface area (Å²) in [6.07, 6.45) is 0. The number of carbonyl (C=O) groups is 1. The average molecular weight is 255 g/mol. The number of methoxy groups -OCH3 is 1. The predicted octanol–water partition coefficient (Wildman–Crippen LogP) is 1.47. The summed E-state index contributed by atoms with van der Waals surface area (Å²) in [6.45, 7) is 2.51. The van der Waals surface area contributed by atoms with E-state index in [0.29, 0.717) is 25.4 Å². The van der Waals surface area contributed by atoms with Crippen molar-refractivity contribution in [1.29, 1.82) is 0 Å². The van der Waals surface area contributed by atoms with Crippen LogP contribution in [0.25, 0.3) is 0 Å². The molecule has 4 nitrogen and oxygen atoms in total. The zero-order valence-corrected chi connectivity index (χ0v) is 10.6. The van der Waals surface area contributed by atoms with E-state index in [1.807, 2.05) is 0 Å². The lowest BCUT2D eigenvalue weighted by Crippen LogP contribution is -2.31. The second-order valence-corrected chi connectivity index (χ2v) is 3.89. The summed E-state index contributed by atoms with van der Waals surface area (Å²) in [7, 11) is 1.56. The highest BCUT2D eigenvalue weighted by molar-refractivity contribution is 6.00. The van der Waals surface area contributed by atoms with Crippen LogP contribution in [-0.4, -0.2) is 44.3 Å². The monoisotopic (exact) mass is 255 g/mol. The highest BCUT2D eigenvalue weighted by Gasteiger charge is 2.17. The molecule has 1 aromatic rings. The molecule has 0 fully saturated rings. The third kappa shape index (κ3) is 3.51. The van der Waals surface area contributed by atoms with E-state index < -0.39 is 5.82 Å². The van der Waals surface area contributed by atoms with Crippen molar-refractivity contribution in [1.82, 2.24) is 0 Å². The minimum Gasteiger partial charge on any atom is -0.395 e.